The number of carbonyl (C=O) groups is 3. The van der Waals surface area contributed by atoms with Gasteiger partial charge in [0, 0.05) is 6.42 Å². The number of ether oxygens (including phenoxy) is 2. The first kappa shape index (κ1) is 32.0. The Balaban J connectivity index is 1.84. The van der Waals surface area contributed by atoms with Crippen molar-refractivity contribution in [2.75, 3.05) is 0 Å². The number of benzene rings is 3. The fourth-order valence-electron chi connectivity index (χ4n) is 3.94. The van der Waals surface area contributed by atoms with Gasteiger partial charge in [-0.1, -0.05) is 54.6 Å². The van der Waals surface area contributed by atoms with E-state index in [9.17, 15) is 39.7 Å². The van der Waals surface area contributed by atoms with E-state index in [1.54, 1.807) is 48.5 Å². The molecule has 3 aromatic rings. The van der Waals surface area contributed by atoms with Crippen LogP contribution in [0, 0.1) is 20.2 Å². The summed E-state index contributed by atoms with van der Waals surface area (Å²) >= 11 is 0. The minimum Gasteiger partial charge on any atom is -0.480 e. The molecule has 0 heterocycles. The lowest BCUT2D eigenvalue weighted by atomic mass is 9.94. The van der Waals surface area contributed by atoms with Crippen LogP contribution in [0.25, 0.3) is 0 Å². The average molecular weight is 598 g/mol. The molecule has 226 valence electrons. The van der Waals surface area contributed by atoms with E-state index >= 15 is 0 Å². The molecule has 43 heavy (non-hydrogen) atoms. The number of hydrogen-bond donors (Lipinski definition) is 2. The molecule has 1 unspecified atom stereocenters. The Kier molecular flexibility index (Phi) is 10.7. The van der Waals surface area contributed by atoms with Crippen LogP contribution in [0.3, 0.4) is 0 Å². The molecule has 3 aromatic carbocycles. The molecule has 0 amide bonds. The number of nitrogens with zero attached hydrogens (tertiary/aromatic N) is 2. The molecule has 0 bridgehead atoms. The van der Waals surface area contributed by atoms with Gasteiger partial charge in [-0.3, -0.25) is 14.4 Å². The second kappa shape index (κ2) is 14.4. The minimum atomic E-state index is -1.66. The second-order valence-electron chi connectivity index (χ2n) is 9.51. The van der Waals surface area contributed by atoms with E-state index in [0.29, 0.717) is 27.8 Å². The third kappa shape index (κ3) is 9.79. The highest BCUT2D eigenvalue weighted by molar-refractivity contribution is 5.80. The van der Waals surface area contributed by atoms with Gasteiger partial charge in [0.1, 0.15) is 18.8 Å². The second-order valence-corrected chi connectivity index (χ2v) is 9.51. The molecular formula is C28H27N3O12. The lowest BCUT2D eigenvalue weighted by Crippen LogP contribution is -2.46. The first-order valence-electron chi connectivity index (χ1n) is 12.6. The maximum atomic E-state index is 13.0. The van der Waals surface area contributed by atoms with Gasteiger partial charge in [-0.15, -0.1) is 20.2 Å². The zero-order valence-electron chi connectivity index (χ0n) is 22.8. The number of carbonyl (C=O) groups excluding carboxylic acids is 2. The van der Waals surface area contributed by atoms with Crippen molar-refractivity contribution in [3.05, 3.63) is 115 Å². The number of carboxylic acids is 1. The van der Waals surface area contributed by atoms with Crippen LogP contribution in [-0.2, 0) is 56.5 Å². The maximum Gasteiger partial charge on any atom is 0.323 e. The average Bonchev–Trinajstić information content (AvgIpc) is 2.93. The summed E-state index contributed by atoms with van der Waals surface area (Å²) in [4.78, 5) is 67.4. The molecule has 3 N–H and O–H groups in total. The number of nitrogens with two attached hydrogens (primary N) is 1. The Morgan fingerprint density at radius 2 is 1.21 bits per heavy atom. The molecule has 0 saturated heterocycles. The van der Waals surface area contributed by atoms with Gasteiger partial charge in [-0.25, -0.2) is 0 Å². The van der Waals surface area contributed by atoms with E-state index in [-0.39, 0.29) is 37.4 Å². The Bertz CT molecular complexity index is 1520. The lowest BCUT2D eigenvalue weighted by Gasteiger charge is -2.20. The van der Waals surface area contributed by atoms with Gasteiger partial charge in [-0.05, 0) is 46.9 Å². The summed E-state index contributed by atoms with van der Waals surface area (Å²) < 4.78 is 11.0. The molecule has 0 saturated carbocycles. The molecule has 0 aliphatic heterocycles. The van der Waals surface area contributed by atoms with E-state index in [1.165, 1.54) is 25.1 Å². The minimum absolute atomic E-state index is 0.161. The molecule has 0 aliphatic rings. The van der Waals surface area contributed by atoms with Crippen LogP contribution in [0.2, 0.25) is 0 Å². The van der Waals surface area contributed by atoms with Gasteiger partial charge in [-0.2, -0.15) is 0 Å². The van der Waals surface area contributed by atoms with E-state index in [4.69, 9.17) is 15.2 Å². The van der Waals surface area contributed by atoms with Crippen LogP contribution in [0.15, 0.2) is 66.7 Å². The maximum absolute atomic E-state index is 13.0. The van der Waals surface area contributed by atoms with E-state index in [2.05, 4.69) is 9.68 Å². The fourth-order valence-corrected chi connectivity index (χ4v) is 3.94. The normalized spacial score (nSPS) is 12.0. The third-order valence-electron chi connectivity index (χ3n) is 6.07. The number of rotatable bonds is 15. The molecule has 0 radical (unpaired) electrons. The van der Waals surface area contributed by atoms with Gasteiger partial charge in [0.05, 0.1) is 12.8 Å². The molecular weight excluding hydrogens is 570 g/mol. The topological polar surface area (TPSA) is 221 Å². The van der Waals surface area contributed by atoms with Crippen LogP contribution in [0.5, 0.6) is 11.5 Å². The summed E-state index contributed by atoms with van der Waals surface area (Å²) in [6, 6.07) is 16.8. The molecule has 3 rings (SSSR count). The van der Waals surface area contributed by atoms with Gasteiger partial charge in [0.2, 0.25) is 0 Å². The number of hydrogen-bond acceptors (Lipinski definition) is 12. The fraction of sp³-hybridized carbons (Fsp3) is 0.250. The van der Waals surface area contributed by atoms with Gasteiger partial charge in [0.25, 0.3) is 10.2 Å². The van der Waals surface area contributed by atoms with Crippen molar-refractivity contribution < 1.29 is 48.8 Å². The van der Waals surface area contributed by atoms with E-state index in [1.807, 2.05) is 0 Å². The highest BCUT2D eigenvalue weighted by Gasteiger charge is 2.29. The molecule has 0 aromatic heterocycles. The number of esters is 2. The Morgan fingerprint density at radius 3 is 1.65 bits per heavy atom. The summed E-state index contributed by atoms with van der Waals surface area (Å²) in [5.74, 6) is -3.26. The third-order valence-corrected chi connectivity index (χ3v) is 6.07. The number of aliphatic carboxylic acids is 1. The highest BCUT2D eigenvalue weighted by Crippen LogP contribution is 2.31. The first-order chi connectivity index (χ1) is 20.3. The zero-order valence-corrected chi connectivity index (χ0v) is 22.8. The molecule has 0 fully saturated rings. The number of carboxylic acid groups (broad SMARTS) is 1. The van der Waals surface area contributed by atoms with Crippen LogP contribution in [-0.4, -0.2) is 38.7 Å². The molecule has 0 aliphatic carbocycles. The summed E-state index contributed by atoms with van der Waals surface area (Å²) in [6.07, 6.45) is -0.801. The van der Waals surface area contributed by atoms with Crippen LogP contribution >= 0.6 is 0 Å². The zero-order chi connectivity index (χ0) is 31.6. The Labute approximate surface area is 243 Å². The summed E-state index contributed by atoms with van der Waals surface area (Å²) in [7, 11) is 0. The Morgan fingerprint density at radius 1 is 0.767 bits per heavy atom. The van der Waals surface area contributed by atoms with Crippen molar-refractivity contribution in [1.82, 2.24) is 0 Å². The van der Waals surface area contributed by atoms with Crippen molar-refractivity contribution in [3.63, 3.8) is 0 Å². The SMILES string of the molecule is CC(N)(Cc1ccc(OC(=O)Cc2ccccc2CO[N+](=O)[O-])c(OC(=O)Cc2ccccc2CO[N+](=O)[O-])c1)C(=O)O. The van der Waals surface area contributed by atoms with Crippen molar-refractivity contribution in [1.29, 1.82) is 0 Å². The van der Waals surface area contributed by atoms with Crippen molar-refractivity contribution in [2.45, 2.75) is 44.9 Å². The Hall–Kier alpha value is -5.57. The largest absolute Gasteiger partial charge is 0.480 e. The van der Waals surface area contributed by atoms with Crippen LogP contribution in [0.4, 0.5) is 0 Å². The molecule has 15 heteroatoms. The van der Waals surface area contributed by atoms with E-state index < -0.39 is 40.2 Å². The standard InChI is InChI=1S/C28H27N3O12/c1-28(29,27(34)35)15-18-10-11-23(42-25(32)13-19-6-2-4-8-21(19)16-40-30(36)37)24(12-18)43-26(33)14-20-7-3-5-9-22(20)17-41-31(38)39/h2-12H,13-17,29H2,1H3,(H,34,35). The van der Waals surface area contributed by atoms with Gasteiger partial charge < -0.3 is 30.0 Å². The summed E-state index contributed by atoms with van der Waals surface area (Å²) in [5.41, 5.74) is 6.11. The summed E-state index contributed by atoms with van der Waals surface area (Å²) in [5, 5.41) is 28.7. The first-order valence-corrected chi connectivity index (χ1v) is 12.6. The predicted molar refractivity (Wildman–Crippen MR) is 146 cm³/mol. The van der Waals surface area contributed by atoms with E-state index in [0.717, 1.165) is 0 Å². The highest BCUT2D eigenvalue weighted by atomic mass is 17.0. The lowest BCUT2D eigenvalue weighted by molar-refractivity contribution is -0.763. The van der Waals surface area contributed by atoms with Crippen molar-refractivity contribution >= 4 is 17.9 Å². The quantitative estimate of drug-likeness (QED) is 0.111. The smallest absolute Gasteiger partial charge is 0.323 e. The summed E-state index contributed by atoms with van der Waals surface area (Å²) in [6.45, 7) is 0.524. The monoisotopic (exact) mass is 597 g/mol. The van der Waals surface area contributed by atoms with Gasteiger partial charge >= 0.3 is 17.9 Å². The van der Waals surface area contributed by atoms with Crippen LogP contribution in [0.1, 0.15) is 34.7 Å². The molecule has 15 nitrogen and oxygen atoms in total. The van der Waals surface area contributed by atoms with Crippen LogP contribution < -0.4 is 15.2 Å². The molecule has 1 atom stereocenters. The van der Waals surface area contributed by atoms with Gasteiger partial charge in [0.15, 0.2) is 11.5 Å². The predicted octanol–water partition coefficient (Wildman–Crippen LogP) is 2.74. The molecule has 0 spiro atoms. The van der Waals surface area contributed by atoms with Crippen molar-refractivity contribution in [3.8, 4) is 11.5 Å². The van der Waals surface area contributed by atoms with Crippen molar-refractivity contribution in [2.24, 2.45) is 5.73 Å².